The number of likely N-dealkylation sites (N-methyl/N-ethyl adjacent to an activating group) is 1. The van der Waals surface area contributed by atoms with E-state index in [2.05, 4.69) is 9.97 Å². The van der Waals surface area contributed by atoms with Crippen molar-refractivity contribution in [3.63, 3.8) is 0 Å². The summed E-state index contributed by atoms with van der Waals surface area (Å²) in [7, 11) is 1.59. The van der Waals surface area contributed by atoms with E-state index >= 15 is 0 Å². The number of amides is 1. The van der Waals surface area contributed by atoms with Crippen LogP contribution in [0.1, 0.15) is 6.42 Å². The summed E-state index contributed by atoms with van der Waals surface area (Å²) >= 11 is 0. The third kappa shape index (κ3) is 3.06. The zero-order valence-corrected chi connectivity index (χ0v) is 12.9. The van der Waals surface area contributed by atoms with Gasteiger partial charge in [-0.15, -0.1) is 0 Å². The molecule has 6 nitrogen and oxygen atoms in total. The molecule has 1 atom stereocenters. The molecule has 0 saturated carbocycles. The fraction of sp³-hybridized carbons (Fsp3) is 0.400. The van der Waals surface area contributed by atoms with Gasteiger partial charge in [0.15, 0.2) is 0 Å². The van der Waals surface area contributed by atoms with E-state index in [1.165, 1.54) is 4.90 Å². The molecule has 0 aliphatic carbocycles. The van der Waals surface area contributed by atoms with Gasteiger partial charge in [0.2, 0.25) is 11.9 Å². The van der Waals surface area contributed by atoms with E-state index in [4.69, 9.17) is 5.73 Å². The van der Waals surface area contributed by atoms with Crippen LogP contribution >= 0.6 is 0 Å². The van der Waals surface area contributed by atoms with E-state index in [-0.39, 0.29) is 24.7 Å². The van der Waals surface area contributed by atoms with Gasteiger partial charge in [-0.05, 0) is 18.6 Å². The number of benzene rings is 1. The van der Waals surface area contributed by atoms with Crippen LogP contribution in [0.3, 0.4) is 0 Å². The lowest BCUT2D eigenvalue weighted by Gasteiger charge is -2.24. The van der Waals surface area contributed by atoms with Gasteiger partial charge in [-0.1, -0.05) is 12.1 Å². The molecule has 128 valence electrons. The molecule has 24 heavy (non-hydrogen) atoms. The summed E-state index contributed by atoms with van der Waals surface area (Å²) in [4.78, 5) is 23.1. The summed E-state index contributed by atoms with van der Waals surface area (Å²) in [5.74, 6) is -0.0939. The third-order valence-electron chi connectivity index (χ3n) is 4.04. The number of para-hydroxylation sites is 1. The molecule has 1 fully saturated rings. The molecule has 3 rings (SSSR count). The maximum absolute atomic E-state index is 12.5. The van der Waals surface area contributed by atoms with E-state index in [0.29, 0.717) is 10.9 Å². The van der Waals surface area contributed by atoms with Crippen molar-refractivity contribution in [1.82, 2.24) is 14.9 Å². The van der Waals surface area contributed by atoms with Gasteiger partial charge in [0.1, 0.15) is 18.4 Å². The normalized spacial score (nSPS) is 18.4. The van der Waals surface area contributed by atoms with Gasteiger partial charge < -0.3 is 15.5 Å². The second kappa shape index (κ2) is 5.81. The van der Waals surface area contributed by atoms with Gasteiger partial charge in [-0.25, -0.2) is 4.98 Å². The van der Waals surface area contributed by atoms with Crippen LogP contribution in [0.2, 0.25) is 0 Å². The topological polar surface area (TPSA) is 75.4 Å². The van der Waals surface area contributed by atoms with Crippen molar-refractivity contribution >= 4 is 28.6 Å². The lowest BCUT2D eigenvalue weighted by molar-refractivity contribution is -0.157. The van der Waals surface area contributed by atoms with Crippen molar-refractivity contribution < 1.29 is 18.0 Å². The maximum atomic E-state index is 12.5. The number of alkyl halides is 3. The number of anilines is 2. The summed E-state index contributed by atoms with van der Waals surface area (Å²) < 4.78 is 37.5. The Morgan fingerprint density at radius 1 is 1.33 bits per heavy atom. The van der Waals surface area contributed by atoms with Gasteiger partial charge >= 0.3 is 6.18 Å². The standard InChI is InChI=1S/C15H16F3N5O/c1-22(11-6-7-23(13(11)24)8-15(16,17)18)14-20-10-5-3-2-4-9(10)12(19)21-14/h2-5,11H,6-8H2,1H3,(H2,19,20,21). The van der Waals surface area contributed by atoms with Crippen molar-refractivity contribution in [1.29, 1.82) is 0 Å². The third-order valence-corrected chi connectivity index (χ3v) is 4.04. The van der Waals surface area contributed by atoms with E-state index in [0.717, 1.165) is 4.90 Å². The Labute approximate surface area is 136 Å². The van der Waals surface area contributed by atoms with E-state index in [9.17, 15) is 18.0 Å². The van der Waals surface area contributed by atoms with Crippen molar-refractivity contribution in [2.75, 3.05) is 30.8 Å². The number of aromatic nitrogens is 2. The first-order valence-corrected chi connectivity index (χ1v) is 7.37. The highest BCUT2D eigenvalue weighted by atomic mass is 19.4. The highest BCUT2D eigenvalue weighted by molar-refractivity contribution is 5.90. The zero-order valence-electron chi connectivity index (χ0n) is 12.9. The average Bonchev–Trinajstić information content (AvgIpc) is 2.86. The van der Waals surface area contributed by atoms with Crippen molar-refractivity contribution in [3.8, 4) is 0 Å². The number of carbonyl (C=O) groups is 1. The summed E-state index contributed by atoms with van der Waals surface area (Å²) in [6.07, 6.45) is -4.13. The molecule has 0 radical (unpaired) electrons. The summed E-state index contributed by atoms with van der Waals surface area (Å²) in [6.45, 7) is -1.19. The number of carbonyl (C=O) groups excluding carboxylic acids is 1. The Kier molecular flexibility index (Phi) is 3.94. The van der Waals surface area contributed by atoms with Gasteiger partial charge in [0, 0.05) is 19.0 Å². The Hall–Kier alpha value is -2.58. The summed E-state index contributed by atoms with van der Waals surface area (Å²) in [6, 6.07) is 6.41. The van der Waals surface area contributed by atoms with Crippen LogP contribution in [0.15, 0.2) is 24.3 Å². The molecule has 9 heteroatoms. The molecule has 1 aromatic carbocycles. The molecule has 1 aromatic heterocycles. The molecule has 1 saturated heterocycles. The molecule has 1 amide bonds. The molecule has 1 aliphatic heterocycles. The molecule has 2 aromatic rings. The Balaban J connectivity index is 1.85. The Bertz CT molecular complexity index is 779. The van der Waals surface area contributed by atoms with Crippen LogP contribution in [0.25, 0.3) is 10.9 Å². The predicted octanol–water partition coefficient (Wildman–Crippen LogP) is 1.81. The van der Waals surface area contributed by atoms with Gasteiger partial charge in [0.25, 0.3) is 0 Å². The van der Waals surface area contributed by atoms with Crippen molar-refractivity contribution in [3.05, 3.63) is 24.3 Å². The van der Waals surface area contributed by atoms with E-state index in [1.807, 2.05) is 0 Å². The minimum absolute atomic E-state index is 0.0520. The lowest BCUT2D eigenvalue weighted by Crippen LogP contribution is -2.43. The number of fused-ring (bicyclic) bond motifs is 1. The van der Waals surface area contributed by atoms with Crippen molar-refractivity contribution in [2.45, 2.75) is 18.6 Å². The molecule has 1 aliphatic rings. The molecular weight excluding hydrogens is 323 g/mol. The smallest absolute Gasteiger partial charge is 0.383 e. The summed E-state index contributed by atoms with van der Waals surface area (Å²) in [5.41, 5.74) is 6.53. The van der Waals surface area contributed by atoms with Gasteiger partial charge in [-0.3, -0.25) is 4.79 Å². The fourth-order valence-electron chi connectivity index (χ4n) is 2.84. The minimum atomic E-state index is -4.41. The van der Waals surface area contributed by atoms with Crippen LogP contribution in [-0.4, -0.2) is 53.1 Å². The average molecular weight is 339 g/mol. The minimum Gasteiger partial charge on any atom is -0.383 e. The molecule has 2 heterocycles. The first kappa shape index (κ1) is 16.3. The number of halogens is 3. The Morgan fingerprint density at radius 2 is 2.04 bits per heavy atom. The van der Waals surface area contributed by atoms with Crippen LogP contribution in [-0.2, 0) is 4.79 Å². The zero-order chi connectivity index (χ0) is 17.5. The first-order valence-electron chi connectivity index (χ1n) is 7.37. The van der Waals surface area contributed by atoms with Crippen molar-refractivity contribution in [2.24, 2.45) is 0 Å². The molecule has 0 spiro atoms. The highest BCUT2D eigenvalue weighted by Crippen LogP contribution is 2.26. The van der Waals surface area contributed by atoms with Gasteiger partial charge in [-0.2, -0.15) is 18.2 Å². The fourth-order valence-corrected chi connectivity index (χ4v) is 2.84. The number of likely N-dealkylation sites (tertiary alicyclic amines) is 1. The second-order valence-corrected chi connectivity index (χ2v) is 5.72. The number of nitrogens with zero attached hydrogens (tertiary/aromatic N) is 4. The monoisotopic (exact) mass is 339 g/mol. The van der Waals surface area contributed by atoms with E-state index in [1.54, 1.807) is 31.3 Å². The maximum Gasteiger partial charge on any atom is 0.406 e. The number of rotatable bonds is 3. The number of nitrogens with two attached hydrogens (primary N) is 1. The van der Waals surface area contributed by atoms with E-state index < -0.39 is 24.7 Å². The van der Waals surface area contributed by atoms with Gasteiger partial charge in [0.05, 0.1) is 5.52 Å². The Morgan fingerprint density at radius 3 is 2.75 bits per heavy atom. The SMILES string of the molecule is CN(c1nc(N)c2ccccc2n1)C1CCN(CC(F)(F)F)C1=O. The quantitative estimate of drug-likeness (QED) is 0.923. The predicted molar refractivity (Wildman–Crippen MR) is 83.4 cm³/mol. The van der Waals surface area contributed by atoms with Crippen LogP contribution in [0.5, 0.6) is 0 Å². The molecular formula is C15H16F3N5O. The highest BCUT2D eigenvalue weighted by Gasteiger charge is 2.41. The lowest BCUT2D eigenvalue weighted by atomic mass is 10.2. The molecule has 1 unspecified atom stereocenters. The first-order chi connectivity index (χ1) is 11.3. The van der Waals surface area contributed by atoms with Crippen LogP contribution in [0.4, 0.5) is 24.9 Å². The largest absolute Gasteiger partial charge is 0.406 e. The number of hydrogen-bond acceptors (Lipinski definition) is 5. The number of hydrogen-bond donors (Lipinski definition) is 1. The summed E-state index contributed by atoms with van der Waals surface area (Å²) in [5, 5.41) is 0.686. The van der Waals surface area contributed by atoms with Crippen LogP contribution < -0.4 is 10.6 Å². The van der Waals surface area contributed by atoms with Crippen LogP contribution in [0, 0.1) is 0 Å². The number of nitrogen functional groups attached to an aromatic ring is 1. The molecule has 2 N–H and O–H groups in total. The second-order valence-electron chi connectivity index (χ2n) is 5.72. The molecule has 0 bridgehead atoms.